The SMILES string of the molecule is COc1ccc(Br)cc1CC(N)c1nc2cc(-c3ccncc3)ccc2[nH]1. The second-order valence-corrected chi connectivity index (χ2v) is 7.27. The Hall–Kier alpha value is -2.70. The van der Waals surface area contributed by atoms with Gasteiger partial charge in [-0.1, -0.05) is 22.0 Å². The number of pyridine rings is 1. The molecule has 6 heteroatoms. The zero-order valence-corrected chi connectivity index (χ0v) is 16.4. The molecule has 2 heterocycles. The number of hydrogen-bond donors (Lipinski definition) is 2. The molecule has 1 unspecified atom stereocenters. The largest absolute Gasteiger partial charge is 0.496 e. The van der Waals surface area contributed by atoms with Crippen LogP contribution in [0.5, 0.6) is 5.75 Å². The molecule has 2 aromatic heterocycles. The molecule has 0 bridgehead atoms. The number of imidazole rings is 1. The summed E-state index contributed by atoms with van der Waals surface area (Å²) in [5.41, 5.74) is 11.6. The van der Waals surface area contributed by atoms with Crippen LogP contribution in [0.1, 0.15) is 17.4 Å². The van der Waals surface area contributed by atoms with E-state index in [2.05, 4.69) is 38.0 Å². The zero-order valence-electron chi connectivity index (χ0n) is 14.8. The minimum Gasteiger partial charge on any atom is -0.496 e. The molecular weight excluding hydrogens is 404 g/mol. The van der Waals surface area contributed by atoms with Crippen LogP contribution in [0.3, 0.4) is 0 Å². The second kappa shape index (κ2) is 7.50. The molecule has 4 aromatic rings. The highest BCUT2D eigenvalue weighted by Crippen LogP contribution is 2.28. The van der Waals surface area contributed by atoms with Gasteiger partial charge in [0.25, 0.3) is 0 Å². The maximum Gasteiger partial charge on any atom is 0.124 e. The van der Waals surface area contributed by atoms with E-state index in [9.17, 15) is 0 Å². The van der Waals surface area contributed by atoms with Gasteiger partial charge in [0.05, 0.1) is 24.2 Å². The number of fused-ring (bicyclic) bond motifs is 1. The predicted molar refractivity (Wildman–Crippen MR) is 111 cm³/mol. The molecule has 5 nitrogen and oxygen atoms in total. The molecule has 0 amide bonds. The monoisotopic (exact) mass is 422 g/mol. The summed E-state index contributed by atoms with van der Waals surface area (Å²) in [6.07, 6.45) is 4.20. The summed E-state index contributed by atoms with van der Waals surface area (Å²) in [7, 11) is 1.67. The quantitative estimate of drug-likeness (QED) is 0.491. The van der Waals surface area contributed by atoms with Gasteiger partial charge in [-0.2, -0.15) is 0 Å². The Bertz CT molecular complexity index is 1080. The van der Waals surface area contributed by atoms with Gasteiger partial charge < -0.3 is 15.5 Å². The number of ether oxygens (including phenoxy) is 1. The van der Waals surface area contributed by atoms with Crippen molar-refractivity contribution in [3.63, 3.8) is 0 Å². The van der Waals surface area contributed by atoms with Crippen molar-refractivity contribution in [1.82, 2.24) is 15.0 Å². The van der Waals surface area contributed by atoms with E-state index in [0.717, 1.165) is 43.8 Å². The Morgan fingerprint density at radius 2 is 1.89 bits per heavy atom. The van der Waals surface area contributed by atoms with E-state index in [4.69, 9.17) is 15.5 Å². The standard InChI is InChI=1S/C21H19BrN4O/c1-27-20-5-3-16(22)10-15(20)11-17(23)21-25-18-4-2-14(12-19(18)26-21)13-6-8-24-9-7-13/h2-10,12,17H,11,23H2,1H3,(H,25,26). The number of nitrogens with two attached hydrogens (primary N) is 1. The Labute approximate surface area is 165 Å². The van der Waals surface area contributed by atoms with Gasteiger partial charge in [0.1, 0.15) is 11.6 Å². The fraction of sp³-hybridized carbons (Fsp3) is 0.143. The maximum atomic E-state index is 6.44. The van der Waals surface area contributed by atoms with Gasteiger partial charge in [0, 0.05) is 16.9 Å². The number of nitrogens with one attached hydrogen (secondary N) is 1. The molecule has 1 atom stereocenters. The van der Waals surface area contributed by atoms with E-state index in [1.807, 2.05) is 36.4 Å². The Morgan fingerprint density at radius 3 is 2.67 bits per heavy atom. The van der Waals surface area contributed by atoms with Crippen molar-refractivity contribution in [3.05, 3.63) is 76.8 Å². The van der Waals surface area contributed by atoms with E-state index in [1.54, 1.807) is 19.5 Å². The summed E-state index contributed by atoms with van der Waals surface area (Å²) >= 11 is 3.51. The molecule has 0 radical (unpaired) electrons. The highest BCUT2D eigenvalue weighted by molar-refractivity contribution is 9.10. The fourth-order valence-corrected chi connectivity index (χ4v) is 3.57. The van der Waals surface area contributed by atoms with Crippen LogP contribution >= 0.6 is 15.9 Å². The minimum absolute atomic E-state index is 0.259. The number of methoxy groups -OCH3 is 1. The molecule has 0 spiro atoms. The molecule has 0 saturated carbocycles. The normalized spacial score (nSPS) is 12.3. The molecule has 27 heavy (non-hydrogen) atoms. The summed E-state index contributed by atoms with van der Waals surface area (Å²) in [6.45, 7) is 0. The lowest BCUT2D eigenvalue weighted by atomic mass is 10.1. The van der Waals surface area contributed by atoms with Crippen molar-refractivity contribution in [3.8, 4) is 16.9 Å². The van der Waals surface area contributed by atoms with Gasteiger partial charge in [-0.05, 0) is 65.6 Å². The first kappa shape index (κ1) is 17.7. The second-order valence-electron chi connectivity index (χ2n) is 6.36. The van der Waals surface area contributed by atoms with E-state index < -0.39 is 0 Å². The van der Waals surface area contributed by atoms with Gasteiger partial charge in [0.15, 0.2) is 0 Å². The third kappa shape index (κ3) is 3.72. The molecule has 2 aromatic carbocycles. The average Bonchev–Trinajstić information content (AvgIpc) is 3.12. The minimum atomic E-state index is -0.259. The van der Waals surface area contributed by atoms with E-state index in [-0.39, 0.29) is 6.04 Å². The van der Waals surface area contributed by atoms with Crippen LogP contribution < -0.4 is 10.5 Å². The molecule has 136 valence electrons. The van der Waals surface area contributed by atoms with E-state index in [0.29, 0.717) is 6.42 Å². The lowest BCUT2D eigenvalue weighted by Gasteiger charge is -2.13. The number of benzene rings is 2. The van der Waals surface area contributed by atoms with E-state index >= 15 is 0 Å². The van der Waals surface area contributed by atoms with Gasteiger partial charge in [0.2, 0.25) is 0 Å². The van der Waals surface area contributed by atoms with Crippen LogP contribution in [0.4, 0.5) is 0 Å². The van der Waals surface area contributed by atoms with E-state index in [1.165, 1.54) is 0 Å². The fourth-order valence-electron chi connectivity index (χ4n) is 3.17. The summed E-state index contributed by atoms with van der Waals surface area (Å²) in [5.74, 6) is 1.59. The predicted octanol–water partition coefficient (Wildman–Crippen LogP) is 4.64. The van der Waals surface area contributed by atoms with Gasteiger partial charge in [-0.15, -0.1) is 0 Å². The highest BCUT2D eigenvalue weighted by atomic mass is 79.9. The summed E-state index contributed by atoms with van der Waals surface area (Å²) in [4.78, 5) is 12.1. The van der Waals surface area contributed by atoms with Crippen molar-refractivity contribution in [1.29, 1.82) is 0 Å². The third-order valence-electron chi connectivity index (χ3n) is 4.55. The van der Waals surface area contributed by atoms with Crippen LogP contribution in [-0.2, 0) is 6.42 Å². The molecule has 0 saturated heterocycles. The lowest BCUT2D eigenvalue weighted by molar-refractivity contribution is 0.407. The van der Waals surface area contributed by atoms with Crippen LogP contribution in [0, 0.1) is 0 Å². The first-order valence-corrected chi connectivity index (χ1v) is 9.41. The van der Waals surface area contributed by atoms with Crippen molar-refractivity contribution in [2.75, 3.05) is 7.11 Å². The van der Waals surface area contributed by atoms with Gasteiger partial charge in [-0.3, -0.25) is 4.98 Å². The number of hydrogen-bond acceptors (Lipinski definition) is 4. The van der Waals surface area contributed by atoms with Crippen LogP contribution in [0.2, 0.25) is 0 Å². The highest BCUT2D eigenvalue weighted by Gasteiger charge is 2.15. The Morgan fingerprint density at radius 1 is 1.07 bits per heavy atom. The average molecular weight is 423 g/mol. The molecule has 0 aliphatic carbocycles. The number of aromatic nitrogens is 3. The molecule has 0 fully saturated rings. The maximum absolute atomic E-state index is 6.44. The topological polar surface area (TPSA) is 76.8 Å². The Kier molecular flexibility index (Phi) is 4.92. The number of nitrogens with zero attached hydrogens (tertiary/aromatic N) is 2. The number of H-pyrrole nitrogens is 1. The van der Waals surface area contributed by atoms with Crippen molar-refractivity contribution in [2.45, 2.75) is 12.5 Å². The lowest BCUT2D eigenvalue weighted by Crippen LogP contribution is -2.15. The number of halogens is 1. The van der Waals surface area contributed by atoms with Crippen LogP contribution in [0.15, 0.2) is 65.4 Å². The molecule has 0 aliphatic rings. The third-order valence-corrected chi connectivity index (χ3v) is 5.04. The first-order chi connectivity index (χ1) is 13.1. The van der Waals surface area contributed by atoms with Crippen molar-refractivity contribution >= 4 is 27.0 Å². The number of aromatic amines is 1. The first-order valence-electron chi connectivity index (χ1n) is 8.62. The summed E-state index contributed by atoms with van der Waals surface area (Å²) < 4.78 is 6.45. The molecule has 0 aliphatic heterocycles. The summed E-state index contributed by atoms with van der Waals surface area (Å²) in [6, 6.07) is 15.8. The van der Waals surface area contributed by atoms with Gasteiger partial charge >= 0.3 is 0 Å². The zero-order chi connectivity index (χ0) is 18.8. The van der Waals surface area contributed by atoms with Crippen LogP contribution in [0.25, 0.3) is 22.2 Å². The van der Waals surface area contributed by atoms with Crippen molar-refractivity contribution < 1.29 is 4.74 Å². The smallest absolute Gasteiger partial charge is 0.124 e. The number of rotatable bonds is 5. The summed E-state index contributed by atoms with van der Waals surface area (Å²) in [5, 5.41) is 0. The molecule has 4 rings (SSSR count). The van der Waals surface area contributed by atoms with Gasteiger partial charge in [-0.25, -0.2) is 4.98 Å². The Balaban J connectivity index is 1.63. The van der Waals surface area contributed by atoms with Crippen molar-refractivity contribution in [2.24, 2.45) is 5.73 Å². The van der Waals surface area contributed by atoms with Crippen LogP contribution in [-0.4, -0.2) is 22.1 Å². The molecular formula is C21H19BrN4O. The molecule has 3 N–H and O–H groups in total.